The Morgan fingerprint density at radius 1 is 1.00 bits per heavy atom. The fourth-order valence-electron chi connectivity index (χ4n) is 2.72. The Morgan fingerprint density at radius 2 is 1.68 bits per heavy atom. The number of ether oxygens (including phenoxy) is 2. The highest BCUT2D eigenvalue weighted by atomic mass is 35.5. The quantitative estimate of drug-likeness (QED) is 0.153. The van der Waals surface area contributed by atoms with Crippen LogP contribution in [0.15, 0.2) is 72.8 Å². The second kappa shape index (κ2) is 10.2. The predicted octanol–water partition coefficient (Wildman–Crippen LogP) is 6.17. The van der Waals surface area contributed by atoms with Crippen LogP contribution in [-0.2, 0) is 4.79 Å². The molecule has 0 bridgehead atoms. The summed E-state index contributed by atoms with van der Waals surface area (Å²) in [5.74, 6) is -0.386. The number of methoxy groups -OCH3 is 1. The number of halogens is 2. The van der Waals surface area contributed by atoms with E-state index >= 15 is 0 Å². The lowest BCUT2D eigenvalue weighted by Gasteiger charge is -2.09. The number of nitriles is 1. The number of hydrogen-bond donors (Lipinski definition) is 0. The SMILES string of the molecule is COc1cc(/C=C(/C#N)c2ccc(Cl)cc2)ccc1OC(=O)/C=C/c1ccc(F)cc1. The number of benzene rings is 3. The molecule has 6 heteroatoms. The molecule has 3 aromatic rings. The number of carbonyl (C=O) groups is 1. The van der Waals surface area contributed by atoms with Crippen molar-refractivity contribution in [3.05, 3.63) is 100 Å². The maximum Gasteiger partial charge on any atom is 0.336 e. The number of nitrogens with zero attached hydrogens (tertiary/aromatic N) is 1. The van der Waals surface area contributed by atoms with Gasteiger partial charge in [-0.15, -0.1) is 0 Å². The third-order valence-corrected chi connectivity index (χ3v) is 4.52. The van der Waals surface area contributed by atoms with E-state index in [4.69, 9.17) is 21.1 Å². The first-order valence-corrected chi connectivity index (χ1v) is 9.57. The molecule has 0 fully saturated rings. The molecule has 0 saturated heterocycles. The van der Waals surface area contributed by atoms with Gasteiger partial charge in [0.25, 0.3) is 0 Å². The van der Waals surface area contributed by atoms with Gasteiger partial charge in [-0.25, -0.2) is 9.18 Å². The second-order valence-corrected chi connectivity index (χ2v) is 6.83. The molecule has 0 unspecified atom stereocenters. The summed E-state index contributed by atoms with van der Waals surface area (Å²) in [6.07, 6.45) is 4.47. The second-order valence-electron chi connectivity index (χ2n) is 6.39. The molecule has 154 valence electrons. The molecule has 3 rings (SSSR count). The molecule has 0 saturated carbocycles. The Bertz CT molecular complexity index is 1180. The summed E-state index contributed by atoms with van der Waals surface area (Å²) < 4.78 is 23.6. The average Bonchev–Trinajstić information content (AvgIpc) is 2.78. The maximum atomic E-state index is 12.9. The Balaban J connectivity index is 1.77. The fourth-order valence-corrected chi connectivity index (χ4v) is 2.84. The van der Waals surface area contributed by atoms with Crippen LogP contribution < -0.4 is 9.47 Å². The van der Waals surface area contributed by atoms with E-state index in [1.54, 1.807) is 60.7 Å². The van der Waals surface area contributed by atoms with Gasteiger partial charge in [0.2, 0.25) is 0 Å². The number of rotatable bonds is 6. The molecule has 0 aliphatic rings. The lowest BCUT2D eigenvalue weighted by molar-refractivity contribution is -0.129. The van der Waals surface area contributed by atoms with Crippen molar-refractivity contribution in [1.29, 1.82) is 5.26 Å². The molecule has 0 N–H and O–H groups in total. The molecule has 0 aliphatic heterocycles. The summed E-state index contributed by atoms with van der Waals surface area (Å²) in [6.45, 7) is 0. The van der Waals surface area contributed by atoms with Crippen molar-refractivity contribution in [2.75, 3.05) is 7.11 Å². The zero-order chi connectivity index (χ0) is 22.2. The van der Waals surface area contributed by atoms with Gasteiger partial charge in [0.15, 0.2) is 11.5 Å². The molecule has 0 heterocycles. The summed E-state index contributed by atoms with van der Waals surface area (Å²) in [7, 11) is 1.46. The molecule has 0 radical (unpaired) electrons. The molecular weight excluding hydrogens is 417 g/mol. The van der Waals surface area contributed by atoms with Gasteiger partial charge in [0.1, 0.15) is 5.82 Å². The van der Waals surface area contributed by atoms with E-state index in [0.29, 0.717) is 27.5 Å². The normalized spacial score (nSPS) is 11.2. The molecule has 31 heavy (non-hydrogen) atoms. The van der Waals surface area contributed by atoms with Crippen molar-refractivity contribution in [1.82, 2.24) is 0 Å². The Kier molecular flexibility index (Phi) is 7.21. The molecule has 4 nitrogen and oxygen atoms in total. The zero-order valence-electron chi connectivity index (χ0n) is 16.5. The largest absolute Gasteiger partial charge is 0.493 e. The van der Waals surface area contributed by atoms with Gasteiger partial charge in [0, 0.05) is 11.1 Å². The number of carbonyl (C=O) groups excluding carboxylic acids is 1. The first-order chi connectivity index (χ1) is 15.0. The minimum atomic E-state index is -0.607. The van der Waals surface area contributed by atoms with Crippen molar-refractivity contribution in [2.24, 2.45) is 0 Å². The molecular formula is C25H17ClFNO3. The summed E-state index contributed by atoms with van der Waals surface area (Å²) in [5, 5.41) is 10.1. The molecule has 0 atom stereocenters. The third-order valence-electron chi connectivity index (χ3n) is 4.27. The van der Waals surface area contributed by atoms with Crippen LogP contribution in [0.25, 0.3) is 17.7 Å². The van der Waals surface area contributed by atoms with Crippen molar-refractivity contribution in [3.63, 3.8) is 0 Å². The summed E-state index contributed by atoms with van der Waals surface area (Å²) in [4.78, 5) is 12.1. The Labute approximate surface area is 184 Å². The van der Waals surface area contributed by atoms with Crippen molar-refractivity contribution in [3.8, 4) is 17.6 Å². The van der Waals surface area contributed by atoms with Crippen LogP contribution >= 0.6 is 11.6 Å². The number of esters is 1. The van der Waals surface area contributed by atoms with Crippen molar-refractivity contribution < 1.29 is 18.7 Å². The van der Waals surface area contributed by atoms with Crippen LogP contribution in [0, 0.1) is 17.1 Å². The Morgan fingerprint density at radius 3 is 2.32 bits per heavy atom. The molecule has 0 aliphatic carbocycles. The van der Waals surface area contributed by atoms with Crippen LogP contribution in [0.4, 0.5) is 4.39 Å². The van der Waals surface area contributed by atoms with Gasteiger partial charge in [-0.2, -0.15) is 5.26 Å². The monoisotopic (exact) mass is 433 g/mol. The molecule has 0 amide bonds. The third kappa shape index (κ3) is 6.05. The lowest BCUT2D eigenvalue weighted by Crippen LogP contribution is -2.05. The molecule has 0 spiro atoms. The van der Waals surface area contributed by atoms with E-state index in [1.807, 2.05) is 0 Å². The van der Waals surface area contributed by atoms with Crippen LogP contribution in [-0.4, -0.2) is 13.1 Å². The highest BCUT2D eigenvalue weighted by Gasteiger charge is 2.10. The number of hydrogen-bond acceptors (Lipinski definition) is 4. The van der Waals surface area contributed by atoms with E-state index in [9.17, 15) is 14.4 Å². The smallest absolute Gasteiger partial charge is 0.336 e. The van der Waals surface area contributed by atoms with Gasteiger partial charge >= 0.3 is 5.97 Å². The van der Waals surface area contributed by atoms with Gasteiger partial charge in [0.05, 0.1) is 18.8 Å². The molecule has 0 aromatic heterocycles. The number of allylic oxidation sites excluding steroid dienone is 1. The lowest BCUT2D eigenvalue weighted by atomic mass is 10.0. The predicted molar refractivity (Wildman–Crippen MR) is 119 cm³/mol. The highest BCUT2D eigenvalue weighted by Crippen LogP contribution is 2.30. The van der Waals surface area contributed by atoms with Gasteiger partial charge in [-0.1, -0.05) is 41.9 Å². The summed E-state index contributed by atoms with van der Waals surface area (Å²) in [6, 6.07) is 19.8. The summed E-state index contributed by atoms with van der Waals surface area (Å²) >= 11 is 5.90. The summed E-state index contributed by atoms with van der Waals surface area (Å²) in [5.41, 5.74) is 2.54. The first kappa shape index (κ1) is 21.8. The van der Waals surface area contributed by atoms with E-state index in [0.717, 1.165) is 5.56 Å². The maximum absolute atomic E-state index is 12.9. The topological polar surface area (TPSA) is 59.3 Å². The van der Waals surface area contributed by atoms with Gasteiger partial charge in [-0.3, -0.25) is 0 Å². The van der Waals surface area contributed by atoms with Crippen LogP contribution in [0.3, 0.4) is 0 Å². The van der Waals surface area contributed by atoms with Gasteiger partial charge < -0.3 is 9.47 Å². The van der Waals surface area contributed by atoms with Crippen LogP contribution in [0.2, 0.25) is 5.02 Å². The van der Waals surface area contributed by atoms with Crippen molar-refractivity contribution in [2.45, 2.75) is 0 Å². The van der Waals surface area contributed by atoms with Crippen LogP contribution in [0.1, 0.15) is 16.7 Å². The van der Waals surface area contributed by atoms with E-state index in [2.05, 4.69) is 6.07 Å². The van der Waals surface area contributed by atoms with Crippen molar-refractivity contribution >= 4 is 35.3 Å². The highest BCUT2D eigenvalue weighted by molar-refractivity contribution is 6.30. The standard InChI is InChI=1S/C25H17ClFNO3/c1-30-24-15-18(14-20(16-28)19-6-8-21(26)9-7-19)4-12-23(24)31-25(29)13-5-17-2-10-22(27)11-3-17/h2-15H,1H3/b13-5+,20-14-. The van der Waals surface area contributed by atoms with E-state index < -0.39 is 5.97 Å². The van der Waals surface area contributed by atoms with Gasteiger partial charge in [-0.05, 0) is 65.2 Å². The zero-order valence-corrected chi connectivity index (χ0v) is 17.3. The fraction of sp³-hybridized carbons (Fsp3) is 0.0400. The molecule has 3 aromatic carbocycles. The minimum Gasteiger partial charge on any atom is -0.493 e. The minimum absolute atomic E-state index is 0.235. The van der Waals surface area contributed by atoms with E-state index in [-0.39, 0.29) is 11.6 Å². The average molecular weight is 434 g/mol. The van der Waals surface area contributed by atoms with E-state index in [1.165, 1.54) is 31.4 Å². The first-order valence-electron chi connectivity index (χ1n) is 9.20. The van der Waals surface area contributed by atoms with Crippen LogP contribution in [0.5, 0.6) is 11.5 Å². The Hall–Kier alpha value is -3.88.